The van der Waals surface area contributed by atoms with Gasteiger partial charge in [0, 0.05) is 31.1 Å². The highest BCUT2D eigenvalue weighted by Gasteiger charge is 2.29. The first-order valence-corrected chi connectivity index (χ1v) is 11.2. The number of amides is 1. The highest BCUT2D eigenvalue weighted by atomic mass is 16.5. The van der Waals surface area contributed by atoms with Crippen LogP contribution >= 0.6 is 0 Å². The van der Waals surface area contributed by atoms with E-state index in [9.17, 15) is 14.4 Å². The largest absolute Gasteiger partial charge is 0.466 e. The van der Waals surface area contributed by atoms with Crippen LogP contribution in [0.4, 0.5) is 0 Å². The van der Waals surface area contributed by atoms with Gasteiger partial charge in [-0.2, -0.15) is 5.10 Å². The topological polar surface area (TPSA) is 84.7 Å². The average Bonchev–Trinajstić information content (AvgIpc) is 3.24. The van der Waals surface area contributed by atoms with Crippen LogP contribution in [0.3, 0.4) is 0 Å². The van der Waals surface area contributed by atoms with Crippen molar-refractivity contribution in [1.29, 1.82) is 0 Å². The number of fused-ring (bicyclic) bond motifs is 1. The monoisotopic (exact) mass is 428 g/mol. The summed E-state index contributed by atoms with van der Waals surface area (Å²) < 4.78 is 6.39. The molecule has 1 aromatic heterocycles. The van der Waals surface area contributed by atoms with Gasteiger partial charge in [-0.1, -0.05) is 25.1 Å². The van der Waals surface area contributed by atoms with Crippen LogP contribution in [-0.4, -0.2) is 70.3 Å². The van der Waals surface area contributed by atoms with Crippen molar-refractivity contribution in [1.82, 2.24) is 19.6 Å². The van der Waals surface area contributed by atoms with Crippen LogP contribution < -0.4 is 5.56 Å². The number of likely N-dealkylation sites (N-methyl/N-ethyl adjacent to an activating group) is 1. The number of hydrogen-bond acceptors (Lipinski definition) is 6. The SMILES string of the molecule is CCOC(=O)CCN(CC1CCCN1CC)C(=O)c1nn(CC)c(=O)c2ccccc12. The van der Waals surface area contributed by atoms with Gasteiger partial charge in [0.05, 0.1) is 18.4 Å². The predicted molar refractivity (Wildman–Crippen MR) is 119 cm³/mol. The van der Waals surface area contributed by atoms with Crippen molar-refractivity contribution < 1.29 is 14.3 Å². The summed E-state index contributed by atoms with van der Waals surface area (Å²) in [6, 6.07) is 7.32. The van der Waals surface area contributed by atoms with Gasteiger partial charge in [0.15, 0.2) is 5.69 Å². The average molecular weight is 429 g/mol. The van der Waals surface area contributed by atoms with E-state index in [1.165, 1.54) is 4.68 Å². The third-order valence-corrected chi connectivity index (χ3v) is 5.88. The first-order chi connectivity index (χ1) is 15.0. The standard InChI is InChI=1S/C23H32N4O4/c1-4-25-14-9-10-17(25)16-26(15-13-20(28)31-6-3)23(30)21-18-11-7-8-12-19(18)22(29)27(5-2)24-21/h7-8,11-12,17H,4-6,9-10,13-16H2,1-3H3. The van der Waals surface area contributed by atoms with E-state index in [0.29, 0.717) is 30.5 Å². The Morgan fingerprint density at radius 3 is 2.58 bits per heavy atom. The maximum absolute atomic E-state index is 13.7. The van der Waals surface area contributed by atoms with Crippen LogP contribution in [0.5, 0.6) is 0 Å². The van der Waals surface area contributed by atoms with Crippen LogP contribution in [-0.2, 0) is 16.1 Å². The Hall–Kier alpha value is -2.74. The van der Waals surface area contributed by atoms with Crippen molar-refractivity contribution in [3.8, 4) is 0 Å². The molecular formula is C23H32N4O4. The summed E-state index contributed by atoms with van der Waals surface area (Å²) in [5, 5.41) is 5.42. The molecule has 1 unspecified atom stereocenters. The molecule has 1 atom stereocenters. The van der Waals surface area contributed by atoms with Gasteiger partial charge in [0.1, 0.15) is 0 Å². The van der Waals surface area contributed by atoms with E-state index in [4.69, 9.17) is 4.74 Å². The van der Waals surface area contributed by atoms with Gasteiger partial charge in [-0.15, -0.1) is 0 Å². The Morgan fingerprint density at radius 1 is 1.16 bits per heavy atom. The lowest BCUT2D eigenvalue weighted by atomic mass is 10.1. The molecule has 0 radical (unpaired) electrons. The fourth-order valence-electron chi connectivity index (χ4n) is 4.26. The molecule has 0 saturated carbocycles. The molecule has 1 saturated heterocycles. The second kappa shape index (κ2) is 10.5. The Kier molecular flexibility index (Phi) is 7.79. The van der Waals surface area contributed by atoms with Crippen LogP contribution in [0.15, 0.2) is 29.1 Å². The molecule has 1 amide bonds. The quantitative estimate of drug-likeness (QED) is 0.570. The zero-order valence-corrected chi connectivity index (χ0v) is 18.7. The van der Waals surface area contributed by atoms with Gasteiger partial charge in [-0.3, -0.25) is 19.3 Å². The zero-order valence-electron chi connectivity index (χ0n) is 18.7. The van der Waals surface area contributed by atoms with Crippen molar-refractivity contribution in [2.75, 3.05) is 32.8 Å². The number of aryl methyl sites for hydroxylation is 1. The minimum absolute atomic E-state index is 0.129. The highest BCUT2D eigenvalue weighted by molar-refractivity contribution is 6.04. The van der Waals surface area contributed by atoms with Crippen molar-refractivity contribution in [2.45, 2.75) is 52.6 Å². The van der Waals surface area contributed by atoms with Gasteiger partial charge in [-0.05, 0) is 45.8 Å². The Labute approximate surface area is 182 Å². The number of benzene rings is 1. The van der Waals surface area contributed by atoms with Crippen LogP contribution in [0.25, 0.3) is 10.8 Å². The number of nitrogens with zero attached hydrogens (tertiary/aromatic N) is 4. The Balaban J connectivity index is 1.96. The lowest BCUT2D eigenvalue weighted by Crippen LogP contribution is -2.44. The van der Waals surface area contributed by atoms with E-state index in [-0.39, 0.29) is 42.1 Å². The molecule has 0 aliphatic carbocycles. The number of carbonyl (C=O) groups excluding carboxylic acids is 2. The van der Waals surface area contributed by atoms with Crippen LogP contribution in [0.2, 0.25) is 0 Å². The second-order valence-electron chi connectivity index (χ2n) is 7.75. The number of carbonyl (C=O) groups is 2. The van der Waals surface area contributed by atoms with Crippen molar-refractivity contribution in [2.24, 2.45) is 0 Å². The van der Waals surface area contributed by atoms with E-state index < -0.39 is 0 Å². The minimum Gasteiger partial charge on any atom is -0.466 e. The molecule has 0 N–H and O–H groups in total. The number of likely N-dealkylation sites (tertiary alicyclic amines) is 1. The summed E-state index contributed by atoms with van der Waals surface area (Å²) in [6.45, 7) is 9.12. The first-order valence-electron chi connectivity index (χ1n) is 11.2. The number of hydrogen-bond donors (Lipinski definition) is 0. The molecule has 0 bridgehead atoms. The van der Waals surface area contributed by atoms with Gasteiger partial charge >= 0.3 is 5.97 Å². The lowest BCUT2D eigenvalue weighted by molar-refractivity contribution is -0.143. The van der Waals surface area contributed by atoms with Gasteiger partial charge in [-0.25, -0.2) is 4.68 Å². The van der Waals surface area contributed by atoms with E-state index >= 15 is 0 Å². The predicted octanol–water partition coefficient (Wildman–Crippen LogP) is 2.30. The summed E-state index contributed by atoms with van der Waals surface area (Å²) in [7, 11) is 0. The van der Waals surface area contributed by atoms with Crippen LogP contribution in [0, 0.1) is 0 Å². The smallest absolute Gasteiger partial charge is 0.307 e. The van der Waals surface area contributed by atoms with Gasteiger partial charge in [0.2, 0.25) is 0 Å². The van der Waals surface area contributed by atoms with Gasteiger partial charge < -0.3 is 9.64 Å². The lowest BCUT2D eigenvalue weighted by Gasteiger charge is -2.30. The van der Waals surface area contributed by atoms with Crippen molar-refractivity contribution in [3.63, 3.8) is 0 Å². The zero-order chi connectivity index (χ0) is 22.4. The Morgan fingerprint density at radius 2 is 1.90 bits per heavy atom. The summed E-state index contributed by atoms with van der Waals surface area (Å²) in [6.07, 6.45) is 2.24. The fraction of sp³-hybridized carbons (Fsp3) is 0.565. The third kappa shape index (κ3) is 5.12. The molecule has 31 heavy (non-hydrogen) atoms. The summed E-state index contributed by atoms with van der Waals surface area (Å²) in [4.78, 5) is 42.4. The molecule has 2 heterocycles. The normalized spacial score (nSPS) is 16.5. The Bertz CT molecular complexity index is 987. The maximum Gasteiger partial charge on any atom is 0.307 e. The number of aromatic nitrogens is 2. The molecule has 1 aromatic carbocycles. The highest BCUT2D eigenvalue weighted by Crippen LogP contribution is 2.21. The van der Waals surface area contributed by atoms with Crippen molar-refractivity contribution in [3.05, 3.63) is 40.3 Å². The van der Waals surface area contributed by atoms with Gasteiger partial charge in [0.25, 0.3) is 11.5 Å². The molecule has 8 nitrogen and oxygen atoms in total. The summed E-state index contributed by atoms with van der Waals surface area (Å²) >= 11 is 0. The molecule has 0 spiro atoms. The molecule has 1 aliphatic rings. The number of rotatable bonds is 9. The molecule has 1 aliphatic heterocycles. The number of esters is 1. The number of ether oxygens (including phenoxy) is 1. The molecule has 8 heteroatoms. The molecular weight excluding hydrogens is 396 g/mol. The van der Waals surface area contributed by atoms with E-state index in [0.717, 1.165) is 25.9 Å². The molecule has 168 valence electrons. The van der Waals surface area contributed by atoms with Crippen LogP contribution in [0.1, 0.15) is 50.5 Å². The maximum atomic E-state index is 13.7. The molecule has 2 aromatic rings. The summed E-state index contributed by atoms with van der Waals surface area (Å²) in [5.74, 6) is -0.582. The van der Waals surface area contributed by atoms with E-state index in [1.54, 1.807) is 36.1 Å². The first kappa shape index (κ1) is 22.9. The van der Waals surface area contributed by atoms with E-state index in [2.05, 4.69) is 16.9 Å². The minimum atomic E-state index is -0.324. The molecule has 3 rings (SSSR count). The third-order valence-electron chi connectivity index (χ3n) is 5.88. The summed E-state index contributed by atoms with van der Waals surface area (Å²) in [5.41, 5.74) is 0.0441. The fourth-order valence-corrected chi connectivity index (χ4v) is 4.26. The second-order valence-corrected chi connectivity index (χ2v) is 7.75. The van der Waals surface area contributed by atoms with E-state index in [1.807, 2.05) is 6.92 Å². The van der Waals surface area contributed by atoms with Crippen molar-refractivity contribution >= 4 is 22.6 Å². The molecule has 1 fully saturated rings.